The topological polar surface area (TPSA) is 40.5 Å². The molecule has 0 bridgehead atoms. The SMILES string of the molecule is Cc1cc(C(F)(F)CCO)cc(C)c1O. The quantitative estimate of drug-likeness (QED) is 0.814. The number of alkyl halides is 2. The number of aliphatic hydroxyl groups excluding tert-OH is 1. The fraction of sp³-hybridized carbons (Fsp3) is 0.455. The van der Waals surface area contributed by atoms with Crippen LogP contribution >= 0.6 is 0 Å². The van der Waals surface area contributed by atoms with E-state index in [0.29, 0.717) is 11.1 Å². The van der Waals surface area contributed by atoms with E-state index in [0.717, 1.165) is 0 Å². The Balaban J connectivity index is 3.16. The summed E-state index contributed by atoms with van der Waals surface area (Å²) in [6.45, 7) is 2.58. The maximum absolute atomic E-state index is 13.4. The van der Waals surface area contributed by atoms with Gasteiger partial charge in [0.15, 0.2) is 0 Å². The molecule has 0 saturated carbocycles. The van der Waals surface area contributed by atoms with Gasteiger partial charge in [-0.3, -0.25) is 0 Å². The van der Waals surface area contributed by atoms with Gasteiger partial charge in [-0.25, -0.2) is 8.78 Å². The van der Waals surface area contributed by atoms with Crippen molar-refractivity contribution in [2.45, 2.75) is 26.2 Å². The second kappa shape index (κ2) is 4.14. The van der Waals surface area contributed by atoms with E-state index in [1.54, 1.807) is 13.8 Å². The van der Waals surface area contributed by atoms with Crippen molar-refractivity contribution in [2.24, 2.45) is 0 Å². The molecular formula is C11H14F2O2. The number of aliphatic hydroxyl groups is 1. The predicted molar refractivity (Wildman–Crippen MR) is 53.2 cm³/mol. The minimum absolute atomic E-state index is 0.0403. The Labute approximate surface area is 87.2 Å². The maximum Gasteiger partial charge on any atom is 0.275 e. The number of rotatable bonds is 3. The van der Waals surface area contributed by atoms with Gasteiger partial charge in [0.1, 0.15) is 5.75 Å². The van der Waals surface area contributed by atoms with Crippen molar-refractivity contribution < 1.29 is 19.0 Å². The Bertz CT molecular complexity index is 339. The number of halogens is 2. The molecule has 0 radical (unpaired) electrons. The Hall–Kier alpha value is -1.16. The molecule has 0 atom stereocenters. The lowest BCUT2D eigenvalue weighted by Gasteiger charge is -2.17. The summed E-state index contributed by atoms with van der Waals surface area (Å²) in [4.78, 5) is 0. The molecule has 84 valence electrons. The van der Waals surface area contributed by atoms with E-state index >= 15 is 0 Å². The minimum Gasteiger partial charge on any atom is -0.507 e. The van der Waals surface area contributed by atoms with Crippen LogP contribution in [0.4, 0.5) is 8.78 Å². The van der Waals surface area contributed by atoms with E-state index in [9.17, 15) is 13.9 Å². The predicted octanol–water partition coefficient (Wildman–Crippen LogP) is 2.48. The van der Waals surface area contributed by atoms with Crippen LogP contribution in [0, 0.1) is 13.8 Å². The zero-order valence-corrected chi connectivity index (χ0v) is 8.72. The van der Waals surface area contributed by atoms with Crippen molar-refractivity contribution in [1.82, 2.24) is 0 Å². The highest BCUT2D eigenvalue weighted by atomic mass is 19.3. The Morgan fingerprint density at radius 1 is 1.20 bits per heavy atom. The molecule has 15 heavy (non-hydrogen) atoms. The number of phenolic OH excluding ortho intramolecular Hbond substituents is 1. The second-order valence-electron chi connectivity index (χ2n) is 3.64. The zero-order chi connectivity index (χ0) is 11.6. The second-order valence-corrected chi connectivity index (χ2v) is 3.64. The van der Waals surface area contributed by atoms with Crippen molar-refractivity contribution in [1.29, 1.82) is 0 Å². The van der Waals surface area contributed by atoms with Crippen LogP contribution in [-0.2, 0) is 5.92 Å². The molecule has 1 aromatic rings. The molecule has 0 unspecified atom stereocenters. The van der Waals surface area contributed by atoms with Gasteiger partial charge in [0.2, 0.25) is 0 Å². The van der Waals surface area contributed by atoms with Crippen LogP contribution in [0.5, 0.6) is 5.75 Å². The van der Waals surface area contributed by atoms with Crippen LogP contribution in [0.2, 0.25) is 0 Å². The van der Waals surface area contributed by atoms with Crippen LogP contribution in [0.1, 0.15) is 23.1 Å². The number of hydrogen-bond donors (Lipinski definition) is 2. The number of hydrogen-bond acceptors (Lipinski definition) is 2. The molecule has 0 heterocycles. The van der Waals surface area contributed by atoms with Gasteiger partial charge in [0.25, 0.3) is 5.92 Å². The van der Waals surface area contributed by atoms with Crippen LogP contribution in [0.3, 0.4) is 0 Å². The van der Waals surface area contributed by atoms with Crippen molar-refractivity contribution in [3.63, 3.8) is 0 Å². The van der Waals surface area contributed by atoms with E-state index in [4.69, 9.17) is 5.11 Å². The van der Waals surface area contributed by atoms with Gasteiger partial charge < -0.3 is 10.2 Å². The molecule has 0 aliphatic heterocycles. The first kappa shape index (κ1) is 11.9. The van der Waals surface area contributed by atoms with E-state index in [1.165, 1.54) is 12.1 Å². The molecule has 0 aliphatic rings. The first-order valence-electron chi connectivity index (χ1n) is 4.68. The van der Waals surface area contributed by atoms with Crippen molar-refractivity contribution in [3.8, 4) is 5.75 Å². The summed E-state index contributed by atoms with van der Waals surface area (Å²) in [5.74, 6) is -3.00. The summed E-state index contributed by atoms with van der Waals surface area (Å²) in [6.07, 6.45) is -0.601. The standard InChI is InChI=1S/C11H14F2O2/c1-7-5-9(6-8(2)10(7)15)11(12,13)3-4-14/h5-6,14-15H,3-4H2,1-2H3. The lowest BCUT2D eigenvalue weighted by Crippen LogP contribution is -2.15. The normalized spacial score (nSPS) is 11.8. The molecule has 0 spiro atoms. The minimum atomic E-state index is -3.04. The van der Waals surface area contributed by atoms with Gasteiger partial charge in [0, 0.05) is 18.6 Å². The third-order valence-corrected chi connectivity index (χ3v) is 2.34. The average molecular weight is 216 g/mol. The molecule has 0 fully saturated rings. The summed E-state index contributed by atoms with van der Waals surface area (Å²) in [7, 11) is 0. The average Bonchev–Trinajstić information content (AvgIpc) is 2.13. The third kappa shape index (κ3) is 2.45. The van der Waals surface area contributed by atoms with E-state index in [1.807, 2.05) is 0 Å². The molecule has 1 aromatic carbocycles. The summed E-state index contributed by atoms with van der Waals surface area (Å²) in [5, 5.41) is 18.0. The molecule has 0 aromatic heterocycles. The van der Waals surface area contributed by atoms with E-state index in [2.05, 4.69) is 0 Å². The maximum atomic E-state index is 13.4. The van der Waals surface area contributed by atoms with Crippen molar-refractivity contribution in [2.75, 3.05) is 6.61 Å². The first-order chi connectivity index (χ1) is 6.88. The van der Waals surface area contributed by atoms with E-state index in [-0.39, 0.29) is 11.3 Å². The van der Waals surface area contributed by atoms with Crippen LogP contribution in [-0.4, -0.2) is 16.8 Å². The molecule has 4 heteroatoms. The number of aromatic hydroxyl groups is 1. The highest BCUT2D eigenvalue weighted by Gasteiger charge is 2.31. The largest absolute Gasteiger partial charge is 0.507 e. The first-order valence-corrected chi connectivity index (χ1v) is 4.68. The highest BCUT2D eigenvalue weighted by molar-refractivity contribution is 5.43. The van der Waals surface area contributed by atoms with E-state index < -0.39 is 19.0 Å². The van der Waals surface area contributed by atoms with Gasteiger partial charge in [-0.15, -0.1) is 0 Å². The van der Waals surface area contributed by atoms with Gasteiger partial charge in [0.05, 0.1) is 0 Å². The number of aryl methyl sites for hydroxylation is 2. The summed E-state index contributed by atoms with van der Waals surface area (Å²) in [6, 6.07) is 2.50. The van der Waals surface area contributed by atoms with Gasteiger partial charge in [-0.2, -0.15) is 0 Å². The molecule has 2 N–H and O–H groups in total. The zero-order valence-electron chi connectivity index (χ0n) is 8.72. The summed E-state index contributed by atoms with van der Waals surface area (Å²) < 4.78 is 26.8. The summed E-state index contributed by atoms with van der Waals surface area (Å²) >= 11 is 0. The van der Waals surface area contributed by atoms with Gasteiger partial charge in [-0.1, -0.05) is 0 Å². The number of phenols is 1. The number of benzene rings is 1. The third-order valence-electron chi connectivity index (χ3n) is 2.34. The Morgan fingerprint density at radius 2 is 1.67 bits per heavy atom. The smallest absolute Gasteiger partial charge is 0.275 e. The fourth-order valence-electron chi connectivity index (χ4n) is 1.45. The lowest BCUT2D eigenvalue weighted by atomic mass is 9.99. The lowest BCUT2D eigenvalue weighted by molar-refractivity contribution is -0.0270. The van der Waals surface area contributed by atoms with Crippen LogP contribution in [0.15, 0.2) is 12.1 Å². The van der Waals surface area contributed by atoms with Crippen LogP contribution < -0.4 is 0 Å². The Kier molecular flexibility index (Phi) is 3.29. The Morgan fingerprint density at radius 3 is 2.07 bits per heavy atom. The summed E-state index contributed by atoms with van der Waals surface area (Å²) in [5.41, 5.74) is 0.676. The molecule has 0 aliphatic carbocycles. The molecule has 0 amide bonds. The highest BCUT2D eigenvalue weighted by Crippen LogP contribution is 2.35. The van der Waals surface area contributed by atoms with Gasteiger partial charge >= 0.3 is 0 Å². The fourth-order valence-corrected chi connectivity index (χ4v) is 1.45. The van der Waals surface area contributed by atoms with Crippen molar-refractivity contribution in [3.05, 3.63) is 28.8 Å². The van der Waals surface area contributed by atoms with Crippen LogP contribution in [0.25, 0.3) is 0 Å². The van der Waals surface area contributed by atoms with Gasteiger partial charge in [-0.05, 0) is 37.1 Å². The molecule has 2 nitrogen and oxygen atoms in total. The molecular weight excluding hydrogens is 202 g/mol. The monoisotopic (exact) mass is 216 g/mol. The molecule has 1 rings (SSSR count). The molecule has 0 saturated heterocycles. The van der Waals surface area contributed by atoms with Crippen molar-refractivity contribution >= 4 is 0 Å².